The van der Waals surface area contributed by atoms with Crippen LogP contribution in [0.5, 0.6) is 0 Å². The van der Waals surface area contributed by atoms with Crippen LogP contribution < -0.4 is 5.73 Å². The number of nitrogens with zero attached hydrogens (tertiary/aromatic N) is 1. The molecule has 0 aromatic heterocycles. The number of aliphatic hydroxyl groups is 1. The molecule has 0 aromatic carbocycles. The van der Waals surface area contributed by atoms with Gasteiger partial charge in [0.15, 0.2) is 0 Å². The Balaban J connectivity index is 1.92. The fraction of sp³-hybridized carbons (Fsp3) is 0.938. The third kappa shape index (κ3) is 2.96. The Hall–Kier alpha value is -0.650. The van der Waals surface area contributed by atoms with Gasteiger partial charge in [0.1, 0.15) is 0 Å². The molecule has 2 aliphatic rings. The number of aliphatic hydroxyl groups excluding tert-OH is 1. The lowest BCUT2D eigenvalue weighted by Gasteiger charge is -2.56. The molecule has 1 saturated carbocycles. The highest BCUT2D eigenvalue weighted by Crippen LogP contribution is 2.50. The summed E-state index contributed by atoms with van der Waals surface area (Å²) >= 11 is 0. The van der Waals surface area contributed by atoms with Gasteiger partial charge in [0.05, 0.1) is 18.2 Å². The molecule has 5 heteroatoms. The highest BCUT2D eigenvalue weighted by atomic mass is 16.5. The van der Waals surface area contributed by atoms with E-state index in [4.69, 9.17) is 10.5 Å². The zero-order valence-electron chi connectivity index (χ0n) is 13.5. The van der Waals surface area contributed by atoms with Crippen molar-refractivity contribution in [2.75, 3.05) is 19.7 Å². The first kappa shape index (κ1) is 16.7. The summed E-state index contributed by atoms with van der Waals surface area (Å²) in [5, 5.41) is 10.2. The van der Waals surface area contributed by atoms with Gasteiger partial charge < -0.3 is 20.5 Å². The summed E-state index contributed by atoms with van der Waals surface area (Å²) in [6, 6.07) is -0.405. The van der Waals surface area contributed by atoms with E-state index >= 15 is 0 Å². The van der Waals surface area contributed by atoms with E-state index in [1.165, 1.54) is 0 Å². The molecule has 5 nitrogen and oxygen atoms in total. The van der Waals surface area contributed by atoms with Crippen LogP contribution in [0.2, 0.25) is 0 Å². The van der Waals surface area contributed by atoms with Gasteiger partial charge in [-0.25, -0.2) is 0 Å². The maximum absolute atomic E-state index is 12.4. The molecule has 0 aromatic rings. The molecule has 122 valence electrons. The normalized spacial score (nSPS) is 30.8. The number of rotatable bonds is 5. The molecule has 1 aliphatic carbocycles. The van der Waals surface area contributed by atoms with Crippen molar-refractivity contribution in [2.24, 2.45) is 17.1 Å². The predicted molar refractivity (Wildman–Crippen MR) is 81.7 cm³/mol. The molecule has 21 heavy (non-hydrogen) atoms. The third-order valence-corrected chi connectivity index (χ3v) is 5.66. The topological polar surface area (TPSA) is 75.8 Å². The van der Waals surface area contributed by atoms with Crippen LogP contribution in [0.1, 0.15) is 46.5 Å². The Kier molecular flexibility index (Phi) is 5.28. The molecule has 4 atom stereocenters. The Morgan fingerprint density at radius 2 is 2.05 bits per heavy atom. The van der Waals surface area contributed by atoms with Crippen LogP contribution in [-0.2, 0) is 9.53 Å². The summed E-state index contributed by atoms with van der Waals surface area (Å²) < 4.78 is 5.75. The van der Waals surface area contributed by atoms with E-state index in [9.17, 15) is 9.90 Å². The standard InChI is InChI=1S/C16H30N2O3/c1-4-11(3)14(17)15(20)18-8-6-16(7-9-18)12(19)10-13(16)21-5-2/h11-14,19H,4-10,17H2,1-3H3. The molecule has 0 radical (unpaired) electrons. The van der Waals surface area contributed by atoms with Crippen LogP contribution in [0.25, 0.3) is 0 Å². The molecule has 1 aliphatic heterocycles. The van der Waals surface area contributed by atoms with Crippen molar-refractivity contribution < 1.29 is 14.6 Å². The maximum atomic E-state index is 12.4. The largest absolute Gasteiger partial charge is 0.392 e. The lowest BCUT2D eigenvalue weighted by atomic mass is 9.58. The number of carbonyl (C=O) groups is 1. The quantitative estimate of drug-likeness (QED) is 0.798. The number of hydrogen-bond acceptors (Lipinski definition) is 4. The van der Waals surface area contributed by atoms with Crippen molar-refractivity contribution in [2.45, 2.75) is 64.7 Å². The third-order valence-electron chi connectivity index (χ3n) is 5.66. The Morgan fingerprint density at radius 3 is 2.52 bits per heavy atom. The van der Waals surface area contributed by atoms with Crippen molar-refractivity contribution in [1.29, 1.82) is 0 Å². The van der Waals surface area contributed by atoms with Gasteiger partial charge in [-0.05, 0) is 25.7 Å². The van der Waals surface area contributed by atoms with E-state index in [0.29, 0.717) is 19.7 Å². The summed E-state index contributed by atoms with van der Waals surface area (Å²) in [7, 11) is 0. The molecule has 3 N–H and O–H groups in total. The van der Waals surface area contributed by atoms with Gasteiger partial charge in [0, 0.05) is 31.5 Å². The van der Waals surface area contributed by atoms with Crippen molar-refractivity contribution in [3.63, 3.8) is 0 Å². The number of amides is 1. The summed E-state index contributed by atoms with van der Waals surface area (Å²) in [4.78, 5) is 14.3. The van der Waals surface area contributed by atoms with Crippen LogP contribution in [0.15, 0.2) is 0 Å². The maximum Gasteiger partial charge on any atom is 0.239 e. The van der Waals surface area contributed by atoms with E-state index in [1.54, 1.807) is 0 Å². The molecule has 2 rings (SSSR count). The minimum absolute atomic E-state index is 0.0565. The molecule has 1 saturated heterocycles. The average Bonchev–Trinajstić information content (AvgIpc) is 2.52. The van der Waals surface area contributed by atoms with Crippen molar-refractivity contribution in [3.8, 4) is 0 Å². The van der Waals surface area contributed by atoms with Crippen LogP contribution in [0.3, 0.4) is 0 Å². The monoisotopic (exact) mass is 298 g/mol. The van der Waals surface area contributed by atoms with Crippen molar-refractivity contribution in [1.82, 2.24) is 4.90 Å². The number of carbonyl (C=O) groups excluding carboxylic acids is 1. The first-order valence-corrected chi connectivity index (χ1v) is 8.30. The number of hydrogen-bond donors (Lipinski definition) is 2. The molecular formula is C16H30N2O3. The Bertz CT molecular complexity index is 365. The SMILES string of the molecule is CCOC1CC(O)C12CCN(C(=O)C(N)C(C)CC)CC2. The molecule has 1 heterocycles. The van der Waals surface area contributed by atoms with Gasteiger partial charge in [-0.2, -0.15) is 0 Å². The predicted octanol–water partition coefficient (Wildman–Crippen LogP) is 1.14. The summed E-state index contributed by atoms with van der Waals surface area (Å²) in [5.41, 5.74) is 5.92. The number of likely N-dealkylation sites (tertiary alicyclic amines) is 1. The van der Waals surface area contributed by atoms with Gasteiger partial charge in [0.2, 0.25) is 5.91 Å². The Labute approximate surface area is 127 Å². The minimum atomic E-state index is -0.405. The molecule has 0 bridgehead atoms. The van der Waals surface area contributed by atoms with Crippen molar-refractivity contribution >= 4 is 5.91 Å². The Morgan fingerprint density at radius 1 is 1.43 bits per heavy atom. The van der Waals surface area contributed by atoms with E-state index in [1.807, 2.05) is 18.7 Å². The second kappa shape index (κ2) is 6.63. The van der Waals surface area contributed by atoms with E-state index in [0.717, 1.165) is 25.7 Å². The van der Waals surface area contributed by atoms with Crippen LogP contribution in [0.4, 0.5) is 0 Å². The van der Waals surface area contributed by atoms with E-state index < -0.39 is 6.04 Å². The average molecular weight is 298 g/mol. The van der Waals surface area contributed by atoms with Gasteiger partial charge in [-0.1, -0.05) is 20.3 Å². The number of nitrogens with two attached hydrogens (primary N) is 1. The highest BCUT2D eigenvalue weighted by Gasteiger charge is 2.56. The minimum Gasteiger partial charge on any atom is -0.392 e. The van der Waals surface area contributed by atoms with Crippen LogP contribution in [0, 0.1) is 11.3 Å². The van der Waals surface area contributed by atoms with E-state index in [-0.39, 0.29) is 29.4 Å². The van der Waals surface area contributed by atoms with Crippen molar-refractivity contribution in [3.05, 3.63) is 0 Å². The zero-order chi connectivity index (χ0) is 15.6. The van der Waals surface area contributed by atoms with Gasteiger partial charge in [-0.3, -0.25) is 4.79 Å². The molecule has 1 amide bonds. The summed E-state index contributed by atoms with van der Waals surface area (Å²) in [6.07, 6.45) is 3.15. The van der Waals surface area contributed by atoms with E-state index in [2.05, 4.69) is 6.92 Å². The van der Waals surface area contributed by atoms with Crippen LogP contribution >= 0.6 is 0 Å². The van der Waals surface area contributed by atoms with Gasteiger partial charge >= 0.3 is 0 Å². The molecule has 4 unspecified atom stereocenters. The van der Waals surface area contributed by atoms with Gasteiger partial charge in [-0.15, -0.1) is 0 Å². The highest BCUT2D eigenvalue weighted by molar-refractivity contribution is 5.82. The lowest BCUT2D eigenvalue weighted by molar-refractivity contribution is -0.210. The summed E-state index contributed by atoms with van der Waals surface area (Å²) in [5.74, 6) is 0.264. The first-order valence-electron chi connectivity index (χ1n) is 8.30. The molecular weight excluding hydrogens is 268 g/mol. The number of ether oxygens (including phenoxy) is 1. The number of piperidine rings is 1. The van der Waals surface area contributed by atoms with Gasteiger partial charge in [0.25, 0.3) is 0 Å². The fourth-order valence-electron chi connectivity index (χ4n) is 3.67. The first-order chi connectivity index (χ1) is 9.96. The van der Waals surface area contributed by atoms with Crippen LogP contribution in [-0.4, -0.2) is 53.9 Å². The zero-order valence-corrected chi connectivity index (χ0v) is 13.5. The summed E-state index contributed by atoms with van der Waals surface area (Å²) in [6.45, 7) is 8.12. The molecule has 1 spiro atoms. The second-order valence-electron chi connectivity index (χ2n) is 6.67. The second-order valence-corrected chi connectivity index (χ2v) is 6.67. The smallest absolute Gasteiger partial charge is 0.239 e. The fourth-order valence-corrected chi connectivity index (χ4v) is 3.67. The lowest BCUT2D eigenvalue weighted by Crippen LogP contribution is -2.63. The molecule has 2 fully saturated rings.